The summed E-state index contributed by atoms with van der Waals surface area (Å²) in [5, 5.41) is 13.2. The van der Waals surface area contributed by atoms with Crippen LogP contribution in [0.25, 0.3) is 0 Å². The van der Waals surface area contributed by atoms with Gasteiger partial charge >= 0.3 is 0 Å². The zero-order chi connectivity index (χ0) is 12.0. The fourth-order valence-electron chi connectivity index (χ4n) is 2.67. The lowest BCUT2D eigenvalue weighted by atomic mass is 9.91. The first-order valence-corrected chi connectivity index (χ1v) is 6.76. The number of aliphatic hydroxyl groups excluding tert-OH is 1. The van der Waals surface area contributed by atoms with E-state index < -0.39 is 0 Å². The van der Waals surface area contributed by atoms with Gasteiger partial charge < -0.3 is 15.3 Å². The molecule has 16 heavy (non-hydrogen) atoms. The van der Waals surface area contributed by atoms with Crippen LogP contribution >= 0.6 is 0 Å². The van der Waals surface area contributed by atoms with Crippen LogP contribution in [0.1, 0.15) is 39.5 Å². The summed E-state index contributed by atoms with van der Waals surface area (Å²) >= 11 is 0. The third-order valence-electron chi connectivity index (χ3n) is 3.75. The van der Waals surface area contributed by atoms with Crippen LogP contribution in [0.2, 0.25) is 0 Å². The van der Waals surface area contributed by atoms with Gasteiger partial charge in [-0.25, -0.2) is 0 Å². The molecule has 3 nitrogen and oxygen atoms in total. The Morgan fingerprint density at radius 3 is 2.75 bits per heavy atom. The van der Waals surface area contributed by atoms with E-state index in [1.807, 2.05) is 0 Å². The van der Waals surface area contributed by atoms with Gasteiger partial charge in [-0.1, -0.05) is 20.3 Å². The van der Waals surface area contributed by atoms with Gasteiger partial charge in [-0.05, 0) is 32.9 Å². The van der Waals surface area contributed by atoms with Gasteiger partial charge in [0, 0.05) is 31.2 Å². The zero-order valence-corrected chi connectivity index (χ0v) is 11.1. The molecule has 3 unspecified atom stereocenters. The number of rotatable bonds is 6. The number of likely N-dealkylation sites (tertiary alicyclic amines) is 1. The van der Waals surface area contributed by atoms with Crippen LogP contribution in [0.4, 0.5) is 0 Å². The van der Waals surface area contributed by atoms with Crippen molar-refractivity contribution < 1.29 is 5.11 Å². The fraction of sp³-hybridized carbons (Fsp3) is 1.00. The lowest BCUT2D eigenvalue weighted by Crippen LogP contribution is -2.52. The van der Waals surface area contributed by atoms with E-state index in [1.165, 1.54) is 25.7 Å². The van der Waals surface area contributed by atoms with Gasteiger partial charge in [-0.3, -0.25) is 0 Å². The molecule has 3 heteroatoms. The maximum Gasteiger partial charge on any atom is 0.0486 e. The normalized spacial score (nSPS) is 29.2. The molecule has 1 rings (SSSR count). The number of hydrogen-bond donors (Lipinski definition) is 2. The van der Waals surface area contributed by atoms with E-state index in [2.05, 4.69) is 31.1 Å². The average Bonchev–Trinajstić information content (AvgIpc) is 2.30. The van der Waals surface area contributed by atoms with Crippen LogP contribution < -0.4 is 5.32 Å². The number of nitrogens with zero attached hydrogens (tertiary/aromatic N) is 1. The molecule has 0 bridgehead atoms. The van der Waals surface area contributed by atoms with Crippen molar-refractivity contribution in [2.24, 2.45) is 5.92 Å². The van der Waals surface area contributed by atoms with E-state index >= 15 is 0 Å². The molecule has 1 aliphatic heterocycles. The molecule has 96 valence electrons. The zero-order valence-electron chi connectivity index (χ0n) is 11.1. The summed E-state index contributed by atoms with van der Waals surface area (Å²) in [6.45, 7) is 6.97. The molecular formula is C13H28N2O. The van der Waals surface area contributed by atoms with Crippen LogP contribution in [0, 0.1) is 5.92 Å². The minimum absolute atomic E-state index is 0.310. The Morgan fingerprint density at radius 2 is 2.19 bits per heavy atom. The Labute approximate surface area is 100 Å². The smallest absolute Gasteiger partial charge is 0.0486 e. The molecule has 0 spiro atoms. The fourth-order valence-corrected chi connectivity index (χ4v) is 2.67. The second-order valence-electron chi connectivity index (χ2n) is 5.16. The molecule has 0 aliphatic carbocycles. The second kappa shape index (κ2) is 7.25. The number of piperidine rings is 1. The lowest BCUT2D eigenvalue weighted by molar-refractivity contribution is 0.0982. The summed E-state index contributed by atoms with van der Waals surface area (Å²) in [5.41, 5.74) is 0. The largest absolute Gasteiger partial charge is 0.396 e. The molecule has 0 aromatic rings. The van der Waals surface area contributed by atoms with E-state index in [9.17, 15) is 5.11 Å². The Hall–Kier alpha value is -0.120. The predicted molar refractivity (Wildman–Crippen MR) is 68.6 cm³/mol. The summed E-state index contributed by atoms with van der Waals surface area (Å²) in [6, 6.07) is 1.14. The van der Waals surface area contributed by atoms with Gasteiger partial charge in [0.15, 0.2) is 0 Å². The molecule has 0 aromatic heterocycles. The minimum Gasteiger partial charge on any atom is -0.396 e. The van der Waals surface area contributed by atoms with Crippen molar-refractivity contribution in [2.45, 2.75) is 51.6 Å². The standard InChI is InChI=1S/C13H28N2O/c1-4-6-12(5-2)14-13-7-8-15(3)9-11(13)10-16/h11-14,16H,4-10H2,1-3H3. The van der Waals surface area contributed by atoms with Crippen LogP contribution in [0.5, 0.6) is 0 Å². The van der Waals surface area contributed by atoms with Gasteiger partial charge in [-0.15, -0.1) is 0 Å². The van der Waals surface area contributed by atoms with Crippen LogP contribution in [0.3, 0.4) is 0 Å². The van der Waals surface area contributed by atoms with Crippen molar-refractivity contribution in [3.05, 3.63) is 0 Å². The van der Waals surface area contributed by atoms with Gasteiger partial charge in [-0.2, -0.15) is 0 Å². The number of aliphatic hydroxyl groups is 1. The predicted octanol–water partition coefficient (Wildman–Crippen LogP) is 1.47. The lowest BCUT2D eigenvalue weighted by Gasteiger charge is -2.38. The van der Waals surface area contributed by atoms with Gasteiger partial charge in [0.25, 0.3) is 0 Å². The molecule has 0 saturated carbocycles. The van der Waals surface area contributed by atoms with E-state index in [0.29, 0.717) is 24.6 Å². The van der Waals surface area contributed by atoms with Gasteiger partial charge in [0.1, 0.15) is 0 Å². The van der Waals surface area contributed by atoms with E-state index in [4.69, 9.17) is 0 Å². The molecule has 1 aliphatic rings. The summed E-state index contributed by atoms with van der Waals surface area (Å²) in [7, 11) is 2.14. The number of hydrogen-bond acceptors (Lipinski definition) is 3. The summed E-state index contributed by atoms with van der Waals surface area (Å²) in [4.78, 5) is 2.32. The Kier molecular flexibility index (Phi) is 6.32. The highest BCUT2D eigenvalue weighted by Crippen LogP contribution is 2.17. The van der Waals surface area contributed by atoms with Crippen LogP contribution in [-0.4, -0.2) is 48.8 Å². The maximum atomic E-state index is 9.43. The molecular weight excluding hydrogens is 200 g/mol. The number of nitrogens with one attached hydrogen (secondary N) is 1. The second-order valence-corrected chi connectivity index (χ2v) is 5.16. The molecule has 1 heterocycles. The molecule has 0 amide bonds. The minimum atomic E-state index is 0.310. The van der Waals surface area contributed by atoms with E-state index in [-0.39, 0.29) is 0 Å². The first kappa shape index (κ1) is 13.9. The topological polar surface area (TPSA) is 35.5 Å². The molecule has 2 N–H and O–H groups in total. The Balaban J connectivity index is 2.44. The summed E-state index contributed by atoms with van der Waals surface area (Å²) in [6.07, 6.45) is 4.85. The SMILES string of the molecule is CCCC(CC)NC1CCN(C)CC1CO. The third kappa shape index (κ3) is 4.04. The van der Waals surface area contributed by atoms with Crippen molar-refractivity contribution in [2.75, 3.05) is 26.7 Å². The van der Waals surface area contributed by atoms with Crippen molar-refractivity contribution in [1.29, 1.82) is 0 Å². The van der Waals surface area contributed by atoms with Crippen molar-refractivity contribution in [1.82, 2.24) is 10.2 Å². The van der Waals surface area contributed by atoms with E-state index in [0.717, 1.165) is 13.1 Å². The molecule has 1 saturated heterocycles. The molecule has 3 atom stereocenters. The molecule has 0 aromatic carbocycles. The van der Waals surface area contributed by atoms with Gasteiger partial charge in [0.05, 0.1) is 0 Å². The van der Waals surface area contributed by atoms with E-state index in [1.54, 1.807) is 0 Å². The highest BCUT2D eigenvalue weighted by atomic mass is 16.3. The van der Waals surface area contributed by atoms with Crippen molar-refractivity contribution in [3.63, 3.8) is 0 Å². The highest BCUT2D eigenvalue weighted by Gasteiger charge is 2.28. The van der Waals surface area contributed by atoms with Gasteiger partial charge in [0.2, 0.25) is 0 Å². The van der Waals surface area contributed by atoms with Crippen molar-refractivity contribution >= 4 is 0 Å². The Bertz CT molecular complexity index is 187. The molecule has 1 fully saturated rings. The molecule has 0 radical (unpaired) electrons. The monoisotopic (exact) mass is 228 g/mol. The van der Waals surface area contributed by atoms with Crippen LogP contribution in [0.15, 0.2) is 0 Å². The summed E-state index contributed by atoms with van der Waals surface area (Å²) < 4.78 is 0. The van der Waals surface area contributed by atoms with Crippen LogP contribution in [-0.2, 0) is 0 Å². The summed E-state index contributed by atoms with van der Waals surface area (Å²) in [5.74, 6) is 0.407. The first-order chi connectivity index (χ1) is 7.71. The average molecular weight is 228 g/mol. The third-order valence-corrected chi connectivity index (χ3v) is 3.75. The first-order valence-electron chi connectivity index (χ1n) is 6.76. The highest BCUT2D eigenvalue weighted by molar-refractivity contribution is 4.85. The maximum absolute atomic E-state index is 9.43. The Morgan fingerprint density at radius 1 is 1.44 bits per heavy atom. The quantitative estimate of drug-likeness (QED) is 0.722. The van der Waals surface area contributed by atoms with Crippen molar-refractivity contribution in [3.8, 4) is 0 Å².